The van der Waals surface area contributed by atoms with Gasteiger partial charge in [-0.25, -0.2) is 10.1 Å². The summed E-state index contributed by atoms with van der Waals surface area (Å²) in [4.78, 5) is 14.2. The minimum absolute atomic E-state index is 0.0673. The highest BCUT2D eigenvalue weighted by Crippen LogP contribution is 2.18. The van der Waals surface area contributed by atoms with Crippen LogP contribution in [0, 0.1) is 5.92 Å². The molecule has 1 fully saturated rings. The van der Waals surface area contributed by atoms with Crippen LogP contribution in [0.25, 0.3) is 5.82 Å². The summed E-state index contributed by atoms with van der Waals surface area (Å²) in [6.45, 7) is 2.45. The molecule has 3 aromatic heterocycles. The number of carbonyl (C=O) groups is 1. The number of nitrogens with two attached hydrogens (primary N) is 1. The minimum Gasteiger partial charge on any atom is -0.472 e. The number of hydrazone groups is 1. The Bertz CT molecular complexity index is 1270. The molecule has 0 radical (unpaired) electrons. The molecule has 0 atom stereocenters. The fraction of sp³-hybridized carbons (Fsp3) is 0.304. The van der Waals surface area contributed by atoms with E-state index in [4.69, 9.17) is 14.8 Å². The van der Waals surface area contributed by atoms with Crippen LogP contribution in [0.5, 0.6) is 0 Å². The van der Waals surface area contributed by atoms with Gasteiger partial charge in [0.2, 0.25) is 11.6 Å². The molecule has 180 valence electrons. The van der Waals surface area contributed by atoms with Gasteiger partial charge in [0.15, 0.2) is 5.69 Å². The number of hydrogen-bond acceptors (Lipinski definition) is 9. The molecule has 4 aromatic rings. The molecule has 1 aliphatic rings. The molecule has 0 spiro atoms. The summed E-state index contributed by atoms with van der Waals surface area (Å²) in [6, 6.07) is 12.3. The number of anilines is 1. The third-order valence-corrected chi connectivity index (χ3v) is 6.19. The molecule has 0 saturated carbocycles. The Labute approximate surface area is 200 Å². The van der Waals surface area contributed by atoms with E-state index in [0.29, 0.717) is 18.2 Å². The number of nitrogens with zero attached hydrogens (tertiary/aromatic N) is 6. The first-order valence-electron chi connectivity index (χ1n) is 11.4. The lowest BCUT2D eigenvalue weighted by Crippen LogP contribution is -3.11. The van der Waals surface area contributed by atoms with Crippen LogP contribution < -0.4 is 16.1 Å². The number of likely N-dealkylation sites (tertiary alicyclic amines) is 1. The third kappa shape index (κ3) is 5.27. The van der Waals surface area contributed by atoms with E-state index < -0.39 is 5.91 Å². The van der Waals surface area contributed by atoms with Gasteiger partial charge < -0.3 is 15.1 Å². The van der Waals surface area contributed by atoms with Gasteiger partial charge in [-0.2, -0.15) is 9.78 Å². The van der Waals surface area contributed by atoms with Crippen LogP contribution in [0.4, 0.5) is 5.82 Å². The molecule has 1 saturated heterocycles. The second-order valence-corrected chi connectivity index (χ2v) is 8.59. The summed E-state index contributed by atoms with van der Waals surface area (Å²) < 4.78 is 11.1. The second kappa shape index (κ2) is 10.3. The Balaban J connectivity index is 1.30. The van der Waals surface area contributed by atoms with Gasteiger partial charge in [0.1, 0.15) is 12.2 Å². The zero-order valence-electron chi connectivity index (χ0n) is 19.0. The predicted octanol–water partition coefficient (Wildman–Crippen LogP) is 0.627. The summed E-state index contributed by atoms with van der Waals surface area (Å²) in [6.07, 6.45) is 7.79. The van der Waals surface area contributed by atoms with Gasteiger partial charge in [-0.3, -0.25) is 4.79 Å². The number of rotatable bonds is 8. The standard InChI is InChI=1S/C23H25N9O3/c24-21-22(29-35-28-21)32-19(20(26-30-32)23(33)27-25-13-18-8-11-34-15-18)14-31-9-6-17(7-10-31)12-16-4-2-1-3-5-16/h1-5,8,11,13,15,17H,6-7,9-10,12,14H2,(H2,24,28)(H,27,33)/p+1/b25-13-. The van der Waals surface area contributed by atoms with Crippen molar-refractivity contribution in [3.63, 3.8) is 0 Å². The monoisotopic (exact) mass is 476 g/mol. The zero-order valence-corrected chi connectivity index (χ0v) is 19.0. The van der Waals surface area contributed by atoms with Gasteiger partial charge in [0.25, 0.3) is 5.91 Å². The number of furan rings is 1. The lowest BCUT2D eigenvalue weighted by atomic mass is 9.90. The van der Waals surface area contributed by atoms with Gasteiger partial charge in [-0.05, 0) is 47.1 Å². The van der Waals surface area contributed by atoms with Crippen LogP contribution in [0.3, 0.4) is 0 Å². The van der Waals surface area contributed by atoms with Crippen molar-refractivity contribution in [2.45, 2.75) is 25.8 Å². The minimum atomic E-state index is -0.487. The zero-order chi connectivity index (χ0) is 24.0. The van der Waals surface area contributed by atoms with Gasteiger partial charge in [0.05, 0.1) is 31.8 Å². The summed E-state index contributed by atoms with van der Waals surface area (Å²) in [5.74, 6) is 0.420. The molecule has 1 amide bonds. The van der Waals surface area contributed by atoms with E-state index >= 15 is 0 Å². The fourth-order valence-electron chi connectivity index (χ4n) is 4.36. The Hall–Kier alpha value is -4.32. The first-order chi connectivity index (χ1) is 17.2. The average Bonchev–Trinajstić information content (AvgIpc) is 3.63. The molecular weight excluding hydrogens is 450 g/mol. The molecule has 35 heavy (non-hydrogen) atoms. The highest BCUT2D eigenvalue weighted by atomic mass is 16.6. The molecule has 5 rings (SSSR count). The van der Waals surface area contributed by atoms with Gasteiger partial charge >= 0.3 is 0 Å². The number of carbonyl (C=O) groups excluding carboxylic acids is 1. The van der Waals surface area contributed by atoms with Crippen molar-refractivity contribution in [2.75, 3.05) is 18.8 Å². The Morgan fingerprint density at radius 3 is 2.77 bits per heavy atom. The number of hydrogen-bond donors (Lipinski definition) is 3. The average molecular weight is 477 g/mol. The normalized spacial score (nSPS) is 18.2. The smallest absolute Gasteiger partial charge is 0.294 e. The van der Waals surface area contributed by atoms with Crippen LogP contribution in [-0.2, 0) is 13.0 Å². The molecule has 1 aromatic carbocycles. The molecular formula is C23H26N9O3+. The lowest BCUT2D eigenvalue weighted by Gasteiger charge is -2.29. The topological polar surface area (TPSA) is 155 Å². The summed E-state index contributed by atoms with van der Waals surface area (Å²) in [5.41, 5.74) is 11.2. The number of aromatic nitrogens is 5. The van der Waals surface area contributed by atoms with E-state index in [9.17, 15) is 4.79 Å². The largest absolute Gasteiger partial charge is 0.472 e. The SMILES string of the molecule is Nc1nonc1-n1nnc(C(=O)N/N=C\c2ccoc2)c1C[NH+]1CCC(Cc2ccccc2)CC1. The number of benzene rings is 1. The summed E-state index contributed by atoms with van der Waals surface area (Å²) in [7, 11) is 0. The van der Waals surface area contributed by atoms with Gasteiger partial charge in [-0.1, -0.05) is 35.5 Å². The molecule has 12 heteroatoms. The number of quaternary nitrogens is 1. The first kappa shape index (κ1) is 22.5. The van der Waals surface area contributed by atoms with Crippen LogP contribution >= 0.6 is 0 Å². The van der Waals surface area contributed by atoms with Crippen molar-refractivity contribution in [3.05, 3.63) is 71.4 Å². The number of amides is 1. The molecule has 4 N–H and O–H groups in total. The highest BCUT2D eigenvalue weighted by molar-refractivity contribution is 5.94. The predicted molar refractivity (Wildman–Crippen MR) is 125 cm³/mol. The van der Waals surface area contributed by atoms with Crippen molar-refractivity contribution < 1.29 is 18.7 Å². The molecule has 0 unspecified atom stereocenters. The van der Waals surface area contributed by atoms with Crippen LogP contribution in [0.2, 0.25) is 0 Å². The van der Waals surface area contributed by atoms with E-state index in [1.165, 1.54) is 33.9 Å². The first-order valence-corrected chi connectivity index (χ1v) is 11.4. The molecule has 1 aliphatic heterocycles. The third-order valence-electron chi connectivity index (χ3n) is 6.19. The fourth-order valence-corrected chi connectivity index (χ4v) is 4.36. The van der Waals surface area contributed by atoms with Crippen LogP contribution in [0.1, 0.15) is 40.2 Å². The van der Waals surface area contributed by atoms with E-state index in [1.54, 1.807) is 6.07 Å². The quantitative estimate of drug-likeness (QED) is 0.247. The molecule has 12 nitrogen and oxygen atoms in total. The van der Waals surface area contributed by atoms with E-state index in [-0.39, 0.29) is 17.3 Å². The number of piperidine rings is 1. The van der Waals surface area contributed by atoms with Gasteiger partial charge in [0, 0.05) is 5.56 Å². The van der Waals surface area contributed by atoms with Crippen molar-refractivity contribution in [1.82, 2.24) is 30.7 Å². The molecule has 0 bridgehead atoms. The highest BCUT2D eigenvalue weighted by Gasteiger charge is 2.29. The van der Waals surface area contributed by atoms with Crippen molar-refractivity contribution in [2.24, 2.45) is 11.0 Å². The molecule has 0 aliphatic carbocycles. The maximum Gasteiger partial charge on any atom is 0.294 e. The van der Waals surface area contributed by atoms with E-state index in [1.807, 2.05) is 6.07 Å². The number of nitrogens with one attached hydrogen (secondary N) is 2. The number of nitrogen functional groups attached to an aromatic ring is 1. The van der Waals surface area contributed by atoms with Crippen LogP contribution in [-0.4, -0.2) is 50.5 Å². The Morgan fingerprint density at radius 1 is 1.23 bits per heavy atom. The second-order valence-electron chi connectivity index (χ2n) is 8.59. The Kier molecular flexibility index (Phi) is 6.61. The van der Waals surface area contributed by atoms with Crippen LogP contribution in [0.15, 0.2) is 63.1 Å². The lowest BCUT2D eigenvalue weighted by molar-refractivity contribution is -0.920. The Morgan fingerprint density at radius 2 is 2.06 bits per heavy atom. The van der Waals surface area contributed by atoms with Crippen molar-refractivity contribution >= 4 is 17.9 Å². The molecule has 4 heterocycles. The summed E-state index contributed by atoms with van der Waals surface area (Å²) >= 11 is 0. The van der Waals surface area contributed by atoms with Gasteiger partial charge in [-0.15, -0.1) is 5.10 Å². The van der Waals surface area contributed by atoms with E-state index in [0.717, 1.165) is 37.9 Å². The van der Waals surface area contributed by atoms with Crippen molar-refractivity contribution in [1.29, 1.82) is 0 Å². The maximum atomic E-state index is 12.9. The summed E-state index contributed by atoms with van der Waals surface area (Å²) in [5, 5.41) is 19.7. The van der Waals surface area contributed by atoms with E-state index in [2.05, 4.69) is 55.4 Å². The van der Waals surface area contributed by atoms with Crippen molar-refractivity contribution in [3.8, 4) is 5.82 Å². The maximum absolute atomic E-state index is 12.9.